The second-order valence-corrected chi connectivity index (χ2v) is 8.30. The predicted molar refractivity (Wildman–Crippen MR) is 83.1 cm³/mol. The fourth-order valence-corrected chi connectivity index (χ4v) is 4.17. The van der Waals surface area contributed by atoms with Crippen LogP contribution in [0.25, 0.3) is 0 Å². The van der Waals surface area contributed by atoms with Crippen molar-refractivity contribution in [3.8, 4) is 0 Å². The van der Waals surface area contributed by atoms with Crippen LogP contribution in [-0.2, 0) is 9.84 Å². The van der Waals surface area contributed by atoms with Gasteiger partial charge in [-0.05, 0) is 32.1 Å². The molecule has 0 atom stereocenters. The normalized spacial score (nSPS) is 21.2. The van der Waals surface area contributed by atoms with Crippen molar-refractivity contribution in [2.24, 2.45) is 0 Å². The first-order valence-corrected chi connectivity index (χ1v) is 9.70. The summed E-state index contributed by atoms with van der Waals surface area (Å²) in [6, 6.07) is 0.566. The highest BCUT2D eigenvalue weighted by atomic mass is 32.2. The Morgan fingerprint density at radius 1 is 1.14 bits per heavy atom. The Bertz CT molecular complexity index is 613. The van der Waals surface area contributed by atoms with Crippen molar-refractivity contribution >= 4 is 21.5 Å². The third-order valence-corrected chi connectivity index (χ3v) is 5.78. The summed E-state index contributed by atoms with van der Waals surface area (Å²) in [6.07, 6.45) is 10.1. The van der Waals surface area contributed by atoms with Gasteiger partial charge in [0.15, 0.2) is 20.6 Å². The first-order chi connectivity index (χ1) is 9.97. The zero-order valence-electron chi connectivity index (χ0n) is 12.5. The largest absolute Gasteiger partial charge is 0.383 e. The topological polar surface area (TPSA) is 90.0 Å². The highest BCUT2D eigenvalue weighted by molar-refractivity contribution is 7.91. The van der Waals surface area contributed by atoms with Gasteiger partial charge >= 0.3 is 0 Å². The van der Waals surface area contributed by atoms with Gasteiger partial charge in [0.05, 0.1) is 6.04 Å². The minimum Gasteiger partial charge on any atom is -0.383 e. The molecule has 0 spiro atoms. The second-order valence-electron chi connectivity index (χ2n) is 6.34. The SMILES string of the molecule is CS(=O)(=O)c1c(NC2CCC2)nn(C2CCCCC2)c1N. The van der Waals surface area contributed by atoms with Crippen LogP contribution in [-0.4, -0.2) is 30.5 Å². The molecule has 1 heterocycles. The molecule has 0 aliphatic heterocycles. The summed E-state index contributed by atoms with van der Waals surface area (Å²) in [5, 5.41) is 7.79. The van der Waals surface area contributed by atoms with Crippen molar-refractivity contribution in [1.82, 2.24) is 9.78 Å². The van der Waals surface area contributed by atoms with Crippen molar-refractivity contribution in [3.63, 3.8) is 0 Å². The van der Waals surface area contributed by atoms with Crippen molar-refractivity contribution < 1.29 is 8.42 Å². The van der Waals surface area contributed by atoms with Gasteiger partial charge in [-0.3, -0.25) is 0 Å². The molecule has 0 unspecified atom stereocenters. The summed E-state index contributed by atoms with van der Waals surface area (Å²) in [4.78, 5) is 0.181. The van der Waals surface area contributed by atoms with E-state index >= 15 is 0 Å². The number of hydrogen-bond donors (Lipinski definition) is 2. The van der Waals surface area contributed by atoms with Crippen molar-refractivity contribution in [2.45, 2.75) is 68.3 Å². The molecule has 3 rings (SSSR count). The summed E-state index contributed by atoms with van der Waals surface area (Å²) in [7, 11) is -3.38. The van der Waals surface area contributed by atoms with E-state index in [1.165, 1.54) is 19.1 Å². The molecule has 0 bridgehead atoms. The van der Waals surface area contributed by atoms with Crippen molar-refractivity contribution in [1.29, 1.82) is 0 Å². The third-order valence-electron chi connectivity index (χ3n) is 4.64. The van der Waals surface area contributed by atoms with Crippen LogP contribution < -0.4 is 11.1 Å². The Hall–Kier alpha value is -1.24. The van der Waals surface area contributed by atoms with E-state index in [0.717, 1.165) is 38.5 Å². The smallest absolute Gasteiger partial charge is 0.182 e. The van der Waals surface area contributed by atoms with E-state index in [1.54, 1.807) is 4.68 Å². The molecule has 118 valence electrons. The number of nitrogens with two attached hydrogens (primary N) is 1. The molecule has 2 saturated carbocycles. The summed E-state index contributed by atoms with van der Waals surface area (Å²) in [5.74, 6) is 0.747. The number of nitrogens with zero attached hydrogens (tertiary/aromatic N) is 2. The Kier molecular flexibility index (Phi) is 3.86. The standard InChI is InChI=1S/C14H24N4O2S/c1-21(19,20)12-13(15)18(11-8-3-2-4-9-11)17-14(12)16-10-6-5-7-10/h10-11H,2-9,15H2,1H3,(H,16,17). The molecular formula is C14H24N4O2S. The summed E-state index contributed by atoms with van der Waals surface area (Å²) >= 11 is 0. The Balaban J connectivity index is 1.97. The highest BCUT2D eigenvalue weighted by Crippen LogP contribution is 2.36. The maximum absolute atomic E-state index is 12.1. The first kappa shape index (κ1) is 14.7. The average molecular weight is 312 g/mol. The molecule has 2 aliphatic carbocycles. The van der Waals surface area contributed by atoms with Gasteiger partial charge in [-0.2, -0.15) is 5.10 Å². The number of hydrogen-bond acceptors (Lipinski definition) is 5. The first-order valence-electron chi connectivity index (χ1n) is 7.81. The zero-order valence-corrected chi connectivity index (χ0v) is 13.3. The minimum absolute atomic E-state index is 0.181. The van der Waals surface area contributed by atoms with Crippen LogP contribution in [0, 0.1) is 0 Å². The van der Waals surface area contributed by atoms with Crippen LogP contribution in [0.3, 0.4) is 0 Å². The summed E-state index contributed by atoms with van der Waals surface area (Å²) < 4.78 is 25.9. The molecule has 1 aromatic heterocycles. The zero-order chi connectivity index (χ0) is 15.0. The fourth-order valence-electron chi connectivity index (χ4n) is 3.24. The molecule has 2 fully saturated rings. The molecule has 0 radical (unpaired) electrons. The Labute approximate surface area is 126 Å². The average Bonchev–Trinajstić information content (AvgIpc) is 2.72. The van der Waals surface area contributed by atoms with Gasteiger partial charge in [-0.25, -0.2) is 13.1 Å². The highest BCUT2D eigenvalue weighted by Gasteiger charge is 2.30. The molecule has 3 N–H and O–H groups in total. The van der Waals surface area contributed by atoms with E-state index in [4.69, 9.17) is 5.73 Å². The molecule has 0 saturated heterocycles. The van der Waals surface area contributed by atoms with Gasteiger partial charge in [-0.15, -0.1) is 0 Å². The Morgan fingerprint density at radius 2 is 1.81 bits per heavy atom. The quantitative estimate of drug-likeness (QED) is 0.890. The number of anilines is 2. The molecule has 0 amide bonds. The summed E-state index contributed by atoms with van der Waals surface area (Å²) in [6.45, 7) is 0. The van der Waals surface area contributed by atoms with E-state index in [2.05, 4.69) is 10.4 Å². The Morgan fingerprint density at radius 3 is 2.33 bits per heavy atom. The maximum atomic E-state index is 12.1. The van der Waals surface area contributed by atoms with E-state index < -0.39 is 9.84 Å². The van der Waals surface area contributed by atoms with Gasteiger partial charge in [0, 0.05) is 12.3 Å². The lowest BCUT2D eigenvalue weighted by Crippen LogP contribution is -2.28. The fraction of sp³-hybridized carbons (Fsp3) is 0.786. The maximum Gasteiger partial charge on any atom is 0.182 e. The van der Waals surface area contributed by atoms with Crippen LogP contribution >= 0.6 is 0 Å². The molecule has 1 aromatic rings. The van der Waals surface area contributed by atoms with Crippen molar-refractivity contribution in [2.75, 3.05) is 17.3 Å². The summed E-state index contributed by atoms with van der Waals surface area (Å²) in [5.41, 5.74) is 6.14. The van der Waals surface area contributed by atoms with Gasteiger partial charge in [0.2, 0.25) is 0 Å². The number of nitrogen functional groups attached to an aromatic ring is 1. The van der Waals surface area contributed by atoms with Crippen LogP contribution in [0.5, 0.6) is 0 Å². The van der Waals surface area contributed by atoms with E-state index in [9.17, 15) is 8.42 Å². The van der Waals surface area contributed by atoms with Crippen LogP contribution in [0.4, 0.5) is 11.6 Å². The van der Waals surface area contributed by atoms with Gasteiger partial charge in [0.1, 0.15) is 5.82 Å². The van der Waals surface area contributed by atoms with E-state index in [1.807, 2.05) is 0 Å². The number of nitrogens with one attached hydrogen (secondary N) is 1. The number of rotatable bonds is 4. The van der Waals surface area contributed by atoms with Gasteiger partial charge in [0.25, 0.3) is 0 Å². The van der Waals surface area contributed by atoms with Crippen LogP contribution in [0.2, 0.25) is 0 Å². The minimum atomic E-state index is -3.38. The van der Waals surface area contributed by atoms with Crippen LogP contribution in [0.15, 0.2) is 4.90 Å². The van der Waals surface area contributed by atoms with Gasteiger partial charge < -0.3 is 11.1 Å². The molecule has 0 aromatic carbocycles. The molecule has 6 nitrogen and oxygen atoms in total. The van der Waals surface area contributed by atoms with Crippen LogP contribution in [0.1, 0.15) is 57.4 Å². The number of sulfone groups is 1. The third kappa shape index (κ3) is 2.88. The lowest BCUT2D eigenvalue weighted by molar-refractivity contribution is 0.333. The second kappa shape index (κ2) is 5.51. The molecule has 7 heteroatoms. The molecular weight excluding hydrogens is 288 g/mol. The predicted octanol–water partition coefficient (Wildman–Crippen LogP) is 2.34. The van der Waals surface area contributed by atoms with Crippen molar-refractivity contribution in [3.05, 3.63) is 0 Å². The molecule has 21 heavy (non-hydrogen) atoms. The van der Waals surface area contributed by atoms with E-state index in [0.29, 0.717) is 17.7 Å². The number of aromatic nitrogens is 2. The lowest BCUT2D eigenvalue weighted by Gasteiger charge is -2.26. The lowest BCUT2D eigenvalue weighted by atomic mass is 9.93. The van der Waals surface area contributed by atoms with Gasteiger partial charge in [-0.1, -0.05) is 19.3 Å². The van der Waals surface area contributed by atoms with E-state index in [-0.39, 0.29) is 10.9 Å². The monoisotopic (exact) mass is 312 g/mol. The molecule has 2 aliphatic rings.